The number of halogens is 3. The lowest BCUT2D eigenvalue weighted by atomic mass is 10.2. The van der Waals surface area contributed by atoms with Gasteiger partial charge in [-0.25, -0.2) is 4.68 Å². The molecule has 1 aliphatic rings. The first-order valence-electron chi connectivity index (χ1n) is 9.18. The van der Waals surface area contributed by atoms with E-state index in [1.165, 1.54) is 28.9 Å². The molecule has 1 amide bonds. The first kappa shape index (κ1) is 22.0. The lowest BCUT2D eigenvalue weighted by molar-refractivity contribution is -0.113. The maximum Gasteiger partial charge on any atom is 0.387 e. The van der Waals surface area contributed by atoms with Crippen molar-refractivity contribution in [3.8, 4) is 28.6 Å². The Balaban J connectivity index is 1.38. The number of nitrogens with one attached hydrogen (secondary N) is 1. The fraction of sp³-hybridized carbons (Fsp3) is 0.211. The van der Waals surface area contributed by atoms with Crippen LogP contribution in [0.5, 0.6) is 17.2 Å². The molecular weight excluding hydrogens is 468 g/mol. The Bertz CT molecular complexity index is 1130. The zero-order chi connectivity index (χ0) is 22.7. The number of rotatable bonds is 7. The summed E-state index contributed by atoms with van der Waals surface area (Å²) < 4.78 is 41.0. The van der Waals surface area contributed by atoms with Gasteiger partial charge in [-0.15, -0.1) is 10.2 Å². The maximum atomic E-state index is 12.4. The molecule has 0 radical (unpaired) electrons. The van der Waals surface area contributed by atoms with Crippen molar-refractivity contribution in [2.45, 2.75) is 11.8 Å². The number of nitrogens with two attached hydrogens (primary N) is 1. The molecule has 1 aliphatic heterocycles. The number of hydrogen-bond donors (Lipinski definition) is 2. The maximum absolute atomic E-state index is 12.4. The van der Waals surface area contributed by atoms with Gasteiger partial charge in [-0.05, 0) is 24.3 Å². The molecule has 0 unspecified atom stereocenters. The number of thioether (sulfide) groups is 1. The van der Waals surface area contributed by atoms with Gasteiger partial charge in [-0.3, -0.25) is 4.79 Å². The van der Waals surface area contributed by atoms with E-state index in [1.807, 2.05) is 0 Å². The number of amides is 1. The van der Waals surface area contributed by atoms with E-state index in [1.54, 1.807) is 12.1 Å². The highest BCUT2D eigenvalue weighted by atomic mass is 35.5. The second kappa shape index (κ2) is 9.49. The Labute approximate surface area is 189 Å². The third-order valence-electron chi connectivity index (χ3n) is 4.24. The fourth-order valence-electron chi connectivity index (χ4n) is 2.83. The Morgan fingerprint density at radius 3 is 2.59 bits per heavy atom. The zero-order valence-corrected chi connectivity index (χ0v) is 17.8. The van der Waals surface area contributed by atoms with Crippen molar-refractivity contribution < 1.29 is 27.8 Å². The first-order chi connectivity index (χ1) is 15.4. The van der Waals surface area contributed by atoms with Crippen LogP contribution >= 0.6 is 23.4 Å². The summed E-state index contributed by atoms with van der Waals surface area (Å²) in [4.78, 5) is 12.4. The minimum absolute atomic E-state index is 0.0101. The Morgan fingerprint density at radius 2 is 1.91 bits per heavy atom. The van der Waals surface area contributed by atoms with Crippen molar-refractivity contribution in [3.63, 3.8) is 0 Å². The van der Waals surface area contributed by atoms with Gasteiger partial charge in [0.25, 0.3) is 0 Å². The van der Waals surface area contributed by atoms with E-state index in [0.717, 1.165) is 11.8 Å². The second-order valence-corrected chi connectivity index (χ2v) is 7.74. The fourth-order valence-corrected chi connectivity index (χ4v) is 3.69. The average Bonchev–Trinajstić information content (AvgIpc) is 3.13. The van der Waals surface area contributed by atoms with Crippen molar-refractivity contribution in [1.82, 2.24) is 14.9 Å². The highest BCUT2D eigenvalue weighted by Crippen LogP contribution is 2.38. The van der Waals surface area contributed by atoms with Crippen LogP contribution in [-0.2, 0) is 4.79 Å². The van der Waals surface area contributed by atoms with Gasteiger partial charge in [0.15, 0.2) is 17.3 Å². The Kier molecular flexibility index (Phi) is 6.51. The summed E-state index contributed by atoms with van der Waals surface area (Å²) in [6.45, 7) is -2.07. The van der Waals surface area contributed by atoms with Crippen LogP contribution in [0.4, 0.5) is 14.5 Å². The van der Waals surface area contributed by atoms with Crippen molar-refractivity contribution in [2.24, 2.45) is 0 Å². The van der Waals surface area contributed by atoms with Crippen molar-refractivity contribution in [3.05, 3.63) is 41.4 Å². The minimum Gasteiger partial charge on any atom is -0.486 e. The van der Waals surface area contributed by atoms with Crippen molar-refractivity contribution in [2.75, 3.05) is 30.1 Å². The number of alkyl halides is 2. The summed E-state index contributed by atoms with van der Waals surface area (Å²) in [7, 11) is 0. The normalized spacial score (nSPS) is 12.6. The molecule has 0 bridgehead atoms. The first-order valence-corrected chi connectivity index (χ1v) is 10.5. The van der Waals surface area contributed by atoms with E-state index >= 15 is 0 Å². The summed E-state index contributed by atoms with van der Waals surface area (Å²) in [6.07, 6.45) is 0. The van der Waals surface area contributed by atoms with Gasteiger partial charge < -0.3 is 25.4 Å². The SMILES string of the molecule is Nn1c(SCC(=O)Nc2cc3c(cc2Cl)OCCO3)nnc1-c1ccc(OC(F)F)cc1. The lowest BCUT2D eigenvalue weighted by Crippen LogP contribution is -2.18. The second-order valence-electron chi connectivity index (χ2n) is 6.39. The van der Waals surface area contributed by atoms with Gasteiger partial charge in [-0.1, -0.05) is 23.4 Å². The van der Waals surface area contributed by atoms with Crippen LogP contribution < -0.4 is 25.4 Å². The molecule has 2 aromatic carbocycles. The van der Waals surface area contributed by atoms with Crippen LogP contribution in [0.15, 0.2) is 41.6 Å². The molecule has 2 heterocycles. The molecule has 1 aromatic heterocycles. The third-order valence-corrected chi connectivity index (χ3v) is 5.50. The molecule has 32 heavy (non-hydrogen) atoms. The Hall–Kier alpha value is -3.25. The van der Waals surface area contributed by atoms with Gasteiger partial charge in [0.05, 0.1) is 16.5 Å². The number of aromatic nitrogens is 3. The summed E-state index contributed by atoms with van der Waals surface area (Å²) in [6, 6.07) is 8.97. The smallest absolute Gasteiger partial charge is 0.387 e. The monoisotopic (exact) mass is 483 g/mol. The molecule has 0 aliphatic carbocycles. The third kappa shape index (κ3) is 4.97. The van der Waals surface area contributed by atoms with Crippen LogP contribution in [-0.4, -0.2) is 46.4 Å². The van der Waals surface area contributed by atoms with Gasteiger partial charge in [0, 0.05) is 17.7 Å². The van der Waals surface area contributed by atoms with Crippen molar-refractivity contribution in [1.29, 1.82) is 0 Å². The molecule has 0 saturated heterocycles. The predicted octanol–water partition coefficient (Wildman–Crippen LogP) is 3.42. The summed E-state index contributed by atoms with van der Waals surface area (Å²) >= 11 is 7.27. The summed E-state index contributed by atoms with van der Waals surface area (Å²) in [5, 5.41) is 11.3. The molecule has 0 spiro atoms. The minimum atomic E-state index is -2.91. The average molecular weight is 484 g/mol. The molecule has 4 rings (SSSR count). The predicted molar refractivity (Wildman–Crippen MR) is 114 cm³/mol. The van der Waals surface area contributed by atoms with E-state index in [0.29, 0.717) is 46.8 Å². The molecule has 13 heteroatoms. The van der Waals surface area contributed by atoms with E-state index < -0.39 is 6.61 Å². The number of fused-ring (bicyclic) bond motifs is 1. The van der Waals surface area contributed by atoms with Gasteiger partial charge in [0.2, 0.25) is 11.1 Å². The summed E-state index contributed by atoms with van der Waals surface area (Å²) in [5.74, 6) is 7.00. The van der Waals surface area contributed by atoms with Gasteiger partial charge in [-0.2, -0.15) is 8.78 Å². The van der Waals surface area contributed by atoms with Crippen molar-refractivity contribution >= 4 is 35.0 Å². The van der Waals surface area contributed by atoms with Gasteiger partial charge in [0.1, 0.15) is 19.0 Å². The molecule has 0 fully saturated rings. The number of ether oxygens (including phenoxy) is 3. The number of hydrogen-bond acceptors (Lipinski definition) is 8. The molecule has 0 atom stereocenters. The van der Waals surface area contributed by atoms with Crippen LogP contribution in [0.3, 0.4) is 0 Å². The number of carbonyl (C=O) groups excluding carboxylic acids is 1. The summed E-state index contributed by atoms with van der Waals surface area (Å²) in [5.41, 5.74) is 0.934. The van der Waals surface area contributed by atoms with Gasteiger partial charge >= 0.3 is 6.61 Å². The quantitative estimate of drug-likeness (QED) is 0.388. The van der Waals surface area contributed by atoms with E-state index in [-0.39, 0.29) is 22.6 Å². The van der Waals surface area contributed by atoms with Crippen LogP contribution in [0.25, 0.3) is 11.4 Å². The molecule has 3 N–H and O–H groups in total. The van der Waals surface area contributed by atoms with E-state index in [9.17, 15) is 13.6 Å². The number of benzene rings is 2. The standard InChI is InChI=1S/C19H16ClF2N5O4S/c20-12-7-14-15(30-6-5-29-14)8-13(12)24-16(28)9-32-19-26-25-17(27(19)23)10-1-3-11(4-2-10)31-18(21)22/h1-4,7-8,18H,5-6,9,23H2,(H,24,28). The van der Waals surface area contributed by atoms with Crippen LogP contribution in [0.2, 0.25) is 5.02 Å². The van der Waals surface area contributed by atoms with Crippen LogP contribution in [0.1, 0.15) is 0 Å². The molecule has 0 saturated carbocycles. The Morgan fingerprint density at radius 1 is 1.22 bits per heavy atom. The number of nitrogens with zero attached hydrogens (tertiary/aromatic N) is 3. The highest BCUT2D eigenvalue weighted by molar-refractivity contribution is 7.99. The topological polar surface area (TPSA) is 114 Å². The molecule has 9 nitrogen and oxygen atoms in total. The van der Waals surface area contributed by atoms with E-state index in [2.05, 4.69) is 20.3 Å². The largest absolute Gasteiger partial charge is 0.486 e. The zero-order valence-electron chi connectivity index (χ0n) is 16.3. The lowest BCUT2D eigenvalue weighted by Gasteiger charge is -2.20. The molecular formula is C19H16ClF2N5O4S. The number of anilines is 1. The molecule has 3 aromatic rings. The highest BCUT2D eigenvalue weighted by Gasteiger charge is 2.18. The number of nitrogen functional groups attached to an aromatic ring is 1. The van der Waals surface area contributed by atoms with Crippen LogP contribution in [0, 0.1) is 0 Å². The molecule has 168 valence electrons. The number of carbonyl (C=O) groups is 1. The van der Waals surface area contributed by atoms with E-state index in [4.69, 9.17) is 26.9 Å².